The van der Waals surface area contributed by atoms with Crippen LogP contribution in [0.5, 0.6) is 0 Å². The Bertz CT molecular complexity index is 468. The maximum absolute atomic E-state index is 8.32. The summed E-state index contributed by atoms with van der Waals surface area (Å²) in [6.07, 6.45) is 0. The largest absolute Gasteiger partial charge is 0.379 e. The van der Waals surface area contributed by atoms with Crippen molar-refractivity contribution in [3.05, 3.63) is 35.4 Å². The molecule has 3 rings (SSSR count). The highest BCUT2D eigenvalue weighted by atomic mass is 16.5. The Balaban J connectivity index is 1.65. The minimum Gasteiger partial charge on any atom is -0.379 e. The fourth-order valence-corrected chi connectivity index (χ4v) is 2.94. The highest BCUT2D eigenvalue weighted by Crippen LogP contribution is 2.24. The van der Waals surface area contributed by atoms with E-state index in [1.807, 2.05) is 6.07 Å². The van der Waals surface area contributed by atoms with Gasteiger partial charge in [0, 0.05) is 37.8 Å². The molecule has 4 heteroatoms. The molecule has 0 radical (unpaired) electrons. The number of ether oxygens (including phenoxy) is 1. The molecule has 0 spiro atoms. The van der Waals surface area contributed by atoms with Crippen molar-refractivity contribution in [1.29, 1.82) is 5.41 Å². The molecule has 1 N–H and O–H groups in total. The van der Waals surface area contributed by atoms with Gasteiger partial charge in [0.15, 0.2) is 0 Å². The lowest BCUT2D eigenvalue weighted by Crippen LogP contribution is -2.46. The Kier molecular flexibility index (Phi) is 3.53. The van der Waals surface area contributed by atoms with Crippen molar-refractivity contribution in [3.8, 4) is 0 Å². The van der Waals surface area contributed by atoms with E-state index in [0.717, 1.165) is 45.0 Å². The summed E-state index contributed by atoms with van der Waals surface area (Å²) in [5, 5.41) is 8.32. The molecule has 2 heterocycles. The van der Waals surface area contributed by atoms with Crippen LogP contribution in [-0.2, 0) is 11.3 Å². The van der Waals surface area contributed by atoms with Crippen LogP contribution in [0.25, 0.3) is 0 Å². The predicted molar refractivity (Wildman–Crippen MR) is 75.5 cm³/mol. The van der Waals surface area contributed by atoms with Crippen molar-refractivity contribution in [1.82, 2.24) is 9.80 Å². The lowest BCUT2D eigenvalue weighted by Gasteiger charge is -2.33. The van der Waals surface area contributed by atoms with Crippen molar-refractivity contribution in [2.45, 2.75) is 19.5 Å². The number of nitrogens with one attached hydrogen (secondary N) is 1. The first-order valence-electron chi connectivity index (χ1n) is 6.99. The summed E-state index contributed by atoms with van der Waals surface area (Å²) in [5.41, 5.74) is 2.37. The van der Waals surface area contributed by atoms with Gasteiger partial charge in [-0.15, -0.1) is 0 Å². The molecule has 0 saturated carbocycles. The molecule has 0 aromatic heterocycles. The molecule has 0 aliphatic carbocycles. The number of hydrogen-bond acceptors (Lipinski definition) is 3. The summed E-state index contributed by atoms with van der Waals surface area (Å²) in [4.78, 5) is 4.64. The molecular weight excluding hydrogens is 238 g/mol. The minimum absolute atomic E-state index is 0.373. The number of nitrogens with zero attached hydrogens (tertiary/aromatic N) is 2. The summed E-state index contributed by atoms with van der Waals surface area (Å²) in [6.45, 7) is 7.81. The highest BCUT2D eigenvalue weighted by molar-refractivity contribution is 6.00. The van der Waals surface area contributed by atoms with Crippen LogP contribution in [0.3, 0.4) is 0 Å². The zero-order chi connectivity index (χ0) is 13.2. The van der Waals surface area contributed by atoms with Gasteiger partial charge in [0.25, 0.3) is 0 Å². The number of rotatable bonds is 3. The Hall–Kier alpha value is -1.39. The molecule has 102 valence electrons. The molecule has 1 atom stereocenters. The summed E-state index contributed by atoms with van der Waals surface area (Å²) < 4.78 is 5.38. The summed E-state index contributed by atoms with van der Waals surface area (Å²) >= 11 is 0. The van der Waals surface area contributed by atoms with Crippen molar-refractivity contribution in [2.24, 2.45) is 0 Å². The SMILES string of the molecule is CC(CN1CCOCC1)N1Cc2ccccc2C1=N. The van der Waals surface area contributed by atoms with Gasteiger partial charge in [0.1, 0.15) is 5.84 Å². The van der Waals surface area contributed by atoms with Crippen molar-refractivity contribution >= 4 is 5.84 Å². The molecule has 2 aliphatic heterocycles. The van der Waals surface area contributed by atoms with E-state index in [4.69, 9.17) is 10.1 Å². The van der Waals surface area contributed by atoms with Gasteiger partial charge in [-0.25, -0.2) is 0 Å². The van der Waals surface area contributed by atoms with E-state index in [1.54, 1.807) is 0 Å². The monoisotopic (exact) mass is 259 g/mol. The van der Waals surface area contributed by atoms with Crippen molar-refractivity contribution in [3.63, 3.8) is 0 Å². The van der Waals surface area contributed by atoms with Crippen LogP contribution in [0.15, 0.2) is 24.3 Å². The molecule has 1 saturated heterocycles. The molecule has 2 aliphatic rings. The van der Waals surface area contributed by atoms with Crippen LogP contribution in [0.4, 0.5) is 0 Å². The number of benzene rings is 1. The average molecular weight is 259 g/mol. The van der Waals surface area contributed by atoms with E-state index in [2.05, 4.69) is 34.9 Å². The van der Waals surface area contributed by atoms with Gasteiger partial charge in [-0.2, -0.15) is 0 Å². The molecule has 1 fully saturated rings. The van der Waals surface area contributed by atoms with Gasteiger partial charge in [-0.1, -0.05) is 24.3 Å². The normalized spacial score (nSPS) is 21.5. The zero-order valence-corrected chi connectivity index (χ0v) is 11.4. The Morgan fingerprint density at radius 3 is 2.74 bits per heavy atom. The summed E-state index contributed by atoms with van der Waals surface area (Å²) in [5.74, 6) is 0.677. The molecular formula is C15H21N3O. The maximum atomic E-state index is 8.32. The first kappa shape index (κ1) is 12.6. The molecule has 1 unspecified atom stereocenters. The molecule has 1 aromatic rings. The lowest BCUT2D eigenvalue weighted by molar-refractivity contribution is 0.0296. The third-order valence-electron chi connectivity index (χ3n) is 4.06. The summed E-state index contributed by atoms with van der Waals surface area (Å²) in [6, 6.07) is 8.63. The van der Waals surface area contributed by atoms with E-state index in [0.29, 0.717) is 11.9 Å². The standard InChI is InChI=1S/C15H21N3O/c1-12(10-17-6-8-19-9-7-17)18-11-13-4-2-3-5-14(13)15(18)16/h2-5,12,16H,6-11H2,1H3. The third kappa shape index (κ3) is 2.51. The van der Waals surface area contributed by atoms with E-state index < -0.39 is 0 Å². The highest BCUT2D eigenvalue weighted by Gasteiger charge is 2.28. The second-order valence-electron chi connectivity index (χ2n) is 5.40. The number of morpholine rings is 1. The molecule has 0 amide bonds. The number of hydrogen-bond donors (Lipinski definition) is 1. The van der Waals surface area contributed by atoms with Crippen molar-refractivity contribution < 1.29 is 4.74 Å². The fourth-order valence-electron chi connectivity index (χ4n) is 2.94. The van der Waals surface area contributed by atoms with E-state index in [-0.39, 0.29) is 0 Å². The molecule has 1 aromatic carbocycles. The summed E-state index contributed by atoms with van der Waals surface area (Å²) in [7, 11) is 0. The van der Waals surface area contributed by atoms with Crippen LogP contribution in [-0.4, -0.2) is 54.5 Å². The molecule has 0 bridgehead atoms. The van der Waals surface area contributed by atoms with Crippen LogP contribution < -0.4 is 0 Å². The smallest absolute Gasteiger partial charge is 0.128 e. The number of amidine groups is 1. The Morgan fingerprint density at radius 1 is 1.26 bits per heavy atom. The van der Waals surface area contributed by atoms with Gasteiger partial charge in [0.2, 0.25) is 0 Å². The van der Waals surface area contributed by atoms with E-state index in [1.165, 1.54) is 5.56 Å². The van der Waals surface area contributed by atoms with Gasteiger partial charge in [-0.3, -0.25) is 10.3 Å². The predicted octanol–water partition coefficient (Wildman–Crippen LogP) is 1.55. The fraction of sp³-hybridized carbons (Fsp3) is 0.533. The van der Waals surface area contributed by atoms with E-state index >= 15 is 0 Å². The minimum atomic E-state index is 0.373. The average Bonchev–Trinajstić information content (AvgIpc) is 2.78. The Morgan fingerprint density at radius 2 is 2.00 bits per heavy atom. The maximum Gasteiger partial charge on any atom is 0.128 e. The quantitative estimate of drug-likeness (QED) is 0.895. The Labute approximate surface area is 114 Å². The third-order valence-corrected chi connectivity index (χ3v) is 4.06. The van der Waals surface area contributed by atoms with Gasteiger partial charge in [-0.05, 0) is 12.5 Å². The second-order valence-corrected chi connectivity index (χ2v) is 5.40. The zero-order valence-electron chi connectivity index (χ0n) is 11.4. The number of fused-ring (bicyclic) bond motifs is 1. The van der Waals surface area contributed by atoms with Crippen LogP contribution in [0.2, 0.25) is 0 Å². The van der Waals surface area contributed by atoms with Crippen LogP contribution >= 0.6 is 0 Å². The first-order chi connectivity index (χ1) is 9.25. The first-order valence-corrected chi connectivity index (χ1v) is 6.99. The topological polar surface area (TPSA) is 39.6 Å². The van der Waals surface area contributed by atoms with E-state index in [9.17, 15) is 0 Å². The molecule has 19 heavy (non-hydrogen) atoms. The molecule has 4 nitrogen and oxygen atoms in total. The lowest BCUT2D eigenvalue weighted by atomic mass is 10.1. The van der Waals surface area contributed by atoms with Crippen LogP contribution in [0.1, 0.15) is 18.1 Å². The van der Waals surface area contributed by atoms with Crippen molar-refractivity contribution in [2.75, 3.05) is 32.8 Å². The van der Waals surface area contributed by atoms with Gasteiger partial charge >= 0.3 is 0 Å². The second kappa shape index (κ2) is 5.31. The van der Waals surface area contributed by atoms with Gasteiger partial charge < -0.3 is 9.64 Å². The van der Waals surface area contributed by atoms with Gasteiger partial charge in [0.05, 0.1) is 13.2 Å². The van der Waals surface area contributed by atoms with Crippen LogP contribution in [0, 0.1) is 5.41 Å².